The van der Waals surface area contributed by atoms with E-state index in [1.165, 1.54) is 5.56 Å². The van der Waals surface area contributed by atoms with E-state index in [1.807, 2.05) is 50.0 Å². The van der Waals surface area contributed by atoms with Crippen LogP contribution >= 0.6 is 12.4 Å². The molecule has 0 N–H and O–H groups in total. The molecule has 3 heterocycles. The molecule has 0 saturated carbocycles. The van der Waals surface area contributed by atoms with Gasteiger partial charge in [0.25, 0.3) is 0 Å². The normalized spacial score (nSPS) is 12.4. The van der Waals surface area contributed by atoms with Crippen LogP contribution in [0.5, 0.6) is 11.5 Å². The van der Waals surface area contributed by atoms with Crippen molar-refractivity contribution >= 4 is 18.4 Å². The number of nitrogens with zero attached hydrogens (tertiary/aromatic N) is 5. The summed E-state index contributed by atoms with van der Waals surface area (Å²) in [4.78, 5) is 14.9. The van der Waals surface area contributed by atoms with Gasteiger partial charge in [0.1, 0.15) is 13.2 Å². The van der Waals surface area contributed by atoms with Gasteiger partial charge in [-0.25, -0.2) is 15.0 Å². The average Bonchev–Trinajstić information content (AvgIpc) is 3.15. The van der Waals surface area contributed by atoms with Gasteiger partial charge >= 0.3 is 0 Å². The zero-order chi connectivity index (χ0) is 17.9. The van der Waals surface area contributed by atoms with Crippen LogP contribution in [0.15, 0.2) is 43.1 Å². The number of imidazole rings is 1. The van der Waals surface area contributed by atoms with E-state index in [1.54, 1.807) is 0 Å². The first-order chi connectivity index (χ1) is 12.7. The lowest BCUT2D eigenvalue weighted by molar-refractivity contribution is 0.171. The number of aromatic nitrogens is 4. The molecule has 0 aliphatic carbocycles. The van der Waals surface area contributed by atoms with Crippen LogP contribution in [0, 0.1) is 0 Å². The second kappa shape index (κ2) is 8.26. The maximum atomic E-state index is 5.66. The fourth-order valence-electron chi connectivity index (χ4n) is 2.92. The summed E-state index contributed by atoms with van der Waals surface area (Å²) in [6, 6.07) is 6.12. The number of halogens is 1. The molecule has 1 aliphatic heterocycles. The van der Waals surface area contributed by atoms with Gasteiger partial charge in [0.05, 0.1) is 18.2 Å². The maximum absolute atomic E-state index is 5.66. The largest absolute Gasteiger partial charge is 0.486 e. The number of hydrogen-bond donors (Lipinski definition) is 0. The highest BCUT2D eigenvalue weighted by Crippen LogP contribution is 2.31. The van der Waals surface area contributed by atoms with E-state index < -0.39 is 0 Å². The predicted molar refractivity (Wildman–Crippen MR) is 106 cm³/mol. The van der Waals surface area contributed by atoms with Gasteiger partial charge in [-0.3, -0.25) is 0 Å². The topological polar surface area (TPSA) is 65.3 Å². The summed E-state index contributed by atoms with van der Waals surface area (Å²) in [6.45, 7) is 2.02. The van der Waals surface area contributed by atoms with Crippen LogP contribution in [0.3, 0.4) is 0 Å². The standard InChI is InChI=1S/C19H21N5O2.ClH/c1-23(2)19-21-10-15(11-22-19)16-12-20-13-24(16)6-5-14-3-4-17-18(9-14)26-8-7-25-17;/h3-4,9-13H,5-8H2,1-2H3;1H. The van der Waals surface area contributed by atoms with Gasteiger partial charge in [-0.2, -0.15) is 0 Å². The highest BCUT2D eigenvalue weighted by Gasteiger charge is 2.12. The molecule has 142 valence electrons. The molecule has 8 heteroatoms. The Bertz CT molecular complexity index is 895. The number of aryl methyl sites for hydroxylation is 2. The zero-order valence-corrected chi connectivity index (χ0v) is 16.1. The molecule has 2 aromatic heterocycles. The van der Waals surface area contributed by atoms with Crippen molar-refractivity contribution in [2.45, 2.75) is 13.0 Å². The van der Waals surface area contributed by atoms with E-state index in [4.69, 9.17) is 9.47 Å². The van der Waals surface area contributed by atoms with Crippen LogP contribution in [0.4, 0.5) is 5.95 Å². The maximum Gasteiger partial charge on any atom is 0.224 e. The van der Waals surface area contributed by atoms with Crippen LogP contribution in [-0.2, 0) is 13.0 Å². The molecule has 0 saturated heterocycles. The Hall–Kier alpha value is -2.80. The molecule has 0 radical (unpaired) electrons. The highest BCUT2D eigenvalue weighted by atomic mass is 35.5. The number of anilines is 1. The summed E-state index contributed by atoms with van der Waals surface area (Å²) >= 11 is 0. The van der Waals surface area contributed by atoms with Crippen LogP contribution in [0.1, 0.15) is 5.56 Å². The van der Waals surface area contributed by atoms with Gasteiger partial charge < -0.3 is 18.9 Å². The first-order valence-electron chi connectivity index (χ1n) is 8.59. The van der Waals surface area contributed by atoms with Crippen molar-refractivity contribution in [1.82, 2.24) is 19.5 Å². The van der Waals surface area contributed by atoms with E-state index in [2.05, 4.69) is 31.7 Å². The Kier molecular flexibility index (Phi) is 5.81. The molecule has 0 bridgehead atoms. The number of fused-ring (bicyclic) bond motifs is 1. The highest BCUT2D eigenvalue weighted by molar-refractivity contribution is 5.85. The van der Waals surface area contributed by atoms with E-state index in [0.29, 0.717) is 19.2 Å². The minimum absolute atomic E-state index is 0. The molecule has 0 unspecified atom stereocenters. The lowest BCUT2D eigenvalue weighted by Gasteiger charge is -2.19. The molecular formula is C19H22ClN5O2. The molecule has 27 heavy (non-hydrogen) atoms. The van der Waals surface area contributed by atoms with Crippen molar-refractivity contribution in [3.05, 3.63) is 48.7 Å². The van der Waals surface area contributed by atoms with E-state index >= 15 is 0 Å². The Morgan fingerprint density at radius 2 is 1.78 bits per heavy atom. The molecule has 1 aliphatic rings. The molecule has 7 nitrogen and oxygen atoms in total. The molecule has 3 aromatic rings. The third-order valence-electron chi connectivity index (χ3n) is 4.29. The third-order valence-corrected chi connectivity index (χ3v) is 4.29. The molecular weight excluding hydrogens is 366 g/mol. The number of benzene rings is 1. The van der Waals surface area contributed by atoms with Gasteiger partial charge in [-0.15, -0.1) is 12.4 Å². The Morgan fingerprint density at radius 3 is 2.52 bits per heavy atom. The monoisotopic (exact) mass is 387 g/mol. The van der Waals surface area contributed by atoms with Gasteiger partial charge in [-0.1, -0.05) is 6.07 Å². The summed E-state index contributed by atoms with van der Waals surface area (Å²) < 4.78 is 13.4. The summed E-state index contributed by atoms with van der Waals surface area (Å²) in [5.41, 5.74) is 3.16. The number of rotatable bonds is 5. The lowest BCUT2D eigenvalue weighted by atomic mass is 10.1. The smallest absolute Gasteiger partial charge is 0.224 e. The van der Waals surface area contributed by atoms with Crippen molar-refractivity contribution in [2.75, 3.05) is 32.2 Å². The van der Waals surface area contributed by atoms with Gasteiger partial charge in [-0.05, 0) is 24.1 Å². The number of hydrogen-bond acceptors (Lipinski definition) is 6. The fourth-order valence-corrected chi connectivity index (χ4v) is 2.92. The average molecular weight is 388 g/mol. The van der Waals surface area contributed by atoms with Crippen LogP contribution in [0.2, 0.25) is 0 Å². The Labute approximate surface area is 164 Å². The van der Waals surface area contributed by atoms with Crippen molar-refractivity contribution in [3.8, 4) is 22.8 Å². The summed E-state index contributed by atoms with van der Waals surface area (Å²) in [5, 5.41) is 0. The van der Waals surface area contributed by atoms with Crippen molar-refractivity contribution in [1.29, 1.82) is 0 Å². The second-order valence-electron chi connectivity index (χ2n) is 6.37. The predicted octanol–water partition coefficient (Wildman–Crippen LogP) is 2.84. The summed E-state index contributed by atoms with van der Waals surface area (Å²) in [6.07, 6.45) is 8.22. The minimum atomic E-state index is 0. The van der Waals surface area contributed by atoms with E-state index in [0.717, 1.165) is 35.7 Å². The SMILES string of the molecule is CN(C)c1ncc(-c2cncn2CCc2ccc3c(c2)OCCO3)cn1.Cl. The van der Waals surface area contributed by atoms with Crippen LogP contribution < -0.4 is 14.4 Å². The van der Waals surface area contributed by atoms with Crippen molar-refractivity contribution < 1.29 is 9.47 Å². The number of ether oxygens (including phenoxy) is 2. The molecule has 1 aromatic carbocycles. The molecule has 0 atom stereocenters. The first kappa shape index (κ1) is 19.0. The molecule has 4 rings (SSSR count). The van der Waals surface area contributed by atoms with E-state index in [-0.39, 0.29) is 12.4 Å². The molecule has 0 fully saturated rings. The first-order valence-corrected chi connectivity index (χ1v) is 8.59. The fraction of sp³-hybridized carbons (Fsp3) is 0.316. The van der Waals surface area contributed by atoms with Gasteiger partial charge in [0.15, 0.2) is 11.5 Å². The Morgan fingerprint density at radius 1 is 1.04 bits per heavy atom. The molecule has 0 spiro atoms. The second-order valence-corrected chi connectivity index (χ2v) is 6.37. The van der Waals surface area contributed by atoms with Crippen LogP contribution in [0.25, 0.3) is 11.3 Å². The molecule has 0 amide bonds. The zero-order valence-electron chi connectivity index (χ0n) is 15.3. The van der Waals surface area contributed by atoms with Crippen molar-refractivity contribution in [3.63, 3.8) is 0 Å². The van der Waals surface area contributed by atoms with Crippen molar-refractivity contribution in [2.24, 2.45) is 0 Å². The van der Waals surface area contributed by atoms with Gasteiger partial charge in [0, 0.05) is 38.6 Å². The summed E-state index contributed by atoms with van der Waals surface area (Å²) in [5.74, 6) is 2.34. The minimum Gasteiger partial charge on any atom is -0.486 e. The third kappa shape index (κ3) is 4.14. The van der Waals surface area contributed by atoms with Crippen LogP contribution in [-0.4, -0.2) is 46.8 Å². The lowest BCUT2D eigenvalue weighted by Crippen LogP contribution is -2.15. The quantitative estimate of drug-likeness (QED) is 0.670. The van der Waals surface area contributed by atoms with E-state index in [9.17, 15) is 0 Å². The summed E-state index contributed by atoms with van der Waals surface area (Å²) in [7, 11) is 3.85. The Balaban J connectivity index is 0.00000210. The van der Waals surface area contributed by atoms with Gasteiger partial charge in [0.2, 0.25) is 5.95 Å².